The zero-order valence-electron chi connectivity index (χ0n) is 8.47. The van der Waals surface area contributed by atoms with E-state index in [1.54, 1.807) is 0 Å². The molecule has 0 saturated heterocycles. The van der Waals surface area contributed by atoms with Crippen molar-refractivity contribution in [2.24, 2.45) is 0 Å². The van der Waals surface area contributed by atoms with Crippen LogP contribution in [0.1, 0.15) is 24.1 Å². The van der Waals surface area contributed by atoms with Crippen LogP contribution in [-0.4, -0.2) is 6.54 Å². The molecule has 0 aromatic heterocycles. The SMILES string of the molecule is C#CC(NCC)c1ccc(C)cc1Cl. The molecule has 2 heteroatoms. The molecule has 0 fully saturated rings. The van der Waals surface area contributed by atoms with Gasteiger partial charge < -0.3 is 5.32 Å². The second-order valence-corrected chi connectivity index (χ2v) is 3.59. The molecule has 1 unspecified atom stereocenters. The molecule has 14 heavy (non-hydrogen) atoms. The third-order valence-corrected chi connectivity index (χ3v) is 2.37. The van der Waals surface area contributed by atoms with Crippen LogP contribution in [0.2, 0.25) is 5.02 Å². The summed E-state index contributed by atoms with van der Waals surface area (Å²) in [7, 11) is 0. The fourth-order valence-corrected chi connectivity index (χ4v) is 1.67. The molecule has 0 aliphatic rings. The van der Waals surface area contributed by atoms with Gasteiger partial charge in [-0.15, -0.1) is 6.42 Å². The summed E-state index contributed by atoms with van der Waals surface area (Å²) in [4.78, 5) is 0. The van der Waals surface area contributed by atoms with E-state index in [0.29, 0.717) is 0 Å². The van der Waals surface area contributed by atoms with Gasteiger partial charge in [0.05, 0.1) is 6.04 Å². The van der Waals surface area contributed by atoms with Gasteiger partial charge in [0, 0.05) is 5.02 Å². The van der Waals surface area contributed by atoms with E-state index in [-0.39, 0.29) is 6.04 Å². The summed E-state index contributed by atoms with van der Waals surface area (Å²) in [5.41, 5.74) is 2.12. The van der Waals surface area contributed by atoms with E-state index in [1.165, 1.54) is 0 Å². The summed E-state index contributed by atoms with van der Waals surface area (Å²) in [6, 6.07) is 5.83. The Kier molecular flexibility index (Phi) is 4.00. The van der Waals surface area contributed by atoms with Crippen molar-refractivity contribution in [1.82, 2.24) is 5.32 Å². The van der Waals surface area contributed by atoms with E-state index >= 15 is 0 Å². The zero-order valence-corrected chi connectivity index (χ0v) is 9.23. The monoisotopic (exact) mass is 207 g/mol. The van der Waals surface area contributed by atoms with Crippen LogP contribution in [0.5, 0.6) is 0 Å². The number of rotatable bonds is 3. The van der Waals surface area contributed by atoms with Crippen LogP contribution in [0.25, 0.3) is 0 Å². The van der Waals surface area contributed by atoms with Crippen molar-refractivity contribution in [1.29, 1.82) is 0 Å². The van der Waals surface area contributed by atoms with Gasteiger partial charge in [0.2, 0.25) is 0 Å². The number of benzene rings is 1. The van der Waals surface area contributed by atoms with Gasteiger partial charge >= 0.3 is 0 Å². The largest absolute Gasteiger partial charge is 0.300 e. The molecule has 0 spiro atoms. The molecule has 0 saturated carbocycles. The van der Waals surface area contributed by atoms with Crippen LogP contribution >= 0.6 is 11.6 Å². The predicted molar refractivity (Wildman–Crippen MR) is 61.4 cm³/mol. The highest BCUT2D eigenvalue weighted by Gasteiger charge is 2.10. The standard InChI is InChI=1S/C12H14ClN/c1-4-12(14-5-2)10-7-6-9(3)8-11(10)13/h1,6-8,12,14H,5H2,2-3H3. The molecule has 1 N–H and O–H groups in total. The topological polar surface area (TPSA) is 12.0 Å². The Morgan fingerprint density at radius 1 is 1.57 bits per heavy atom. The third kappa shape index (κ3) is 2.51. The summed E-state index contributed by atoms with van der Waals surface area (Å²) in [6.45, 7) is 4.86. The molecule has 0 radical (unpaired) electrons. The van der Waals surface area contributed by atoms with Gasteiger partial charge in [-0.1, -0.05) is 36.6 Å². The van der Waals surface area contributed by atoms with Crippen molar-refractivity contribution in [3.8, 4) is 12.3 Å². The first kappa shape index (κ1) is 11.1. The van der Waals surface area contributed by atoms with Crippen molar-refractivity contribution in [3.63, 3.8) is 0 Å². The van der Waals surface area contributed by atoms with Crippen molar-refractivity contribution in [2.75, 3.05) is 6.54 Å². The molecule has 0 bridgehead atoms. The lowest BCUT2D eigenvalue weighted by Crippen LogP contribution is -2.19. The molecule has 0 amide bonds. The summed E-state index contributed by atoms with van der Waals surface area (Å²) >= 11 is 6.10. The summed E-state index contributed by atoms with van der Waals surface area (Å²) < 4.78 is 0. The summed E-state index contributed by atoms with van der Waals surface area (Å²) in [5.74, 6) is 2.68. The van der Waals surface area contributed by atoms with E-state index in [4.69, 9.17) is 18.0 Å². The van der Waals surface area contributed by atoms with E-state index in [0.717, 1.165) is 22.7 Å². The highest BCUT2D eigenvalue weighted by Crippen LogP contribution is 2.23. The maximum absolute atomic E-state index is 6.10. The normalized spacial score (nSPS) is 12.1. The first-order valence-electron chi connectivity index (χ1n) is 4.64. The predicted octanol–water partition coefficient (Wildman–Crippen LogP) is 2.93. The molecule has 0 aliphatic carbocycles. The van der Waals surface area contributed by atoms with E-state index in [1.807, 2.05) is 32.0 Å². The van der Waals surface area contributed by atoms with E-state index in [2.05, 4.69) is 11.2 Å². The van der Waals surface area contributed by atoms with Crippen molar-refractivity contribution >= 4 is 11.6 Å². The molecule has 1 aromatic rings. The Balaban J connectivity index is 3.00. The number of aryl methyl sites for hydroxylation is 1. The zero-order chi connectivity index (χ0) is 10.6. The molecule has 1 nitrogen and oxygen atoms in total. The van der Waals surface area contributed by atoms with Crippen LogP contribution in [0.15, 0.2) is 18.2 Å². The second kappa shape index (κ2) is 5.05. The number of hydrogen-bond donors (Lipinski definition) is 1. The molecule has 1 rings (SSSR count). The molecular weight excluding hydrogens is 194 g/mol. The van der Waals surface area contributed by atoms with Crippen LogP contribution in [0, 0.1) is 19.3 Å². The molecule has 74 valence electrons. The van der Waals surface area contributed by atoms with Crippen LogP contribution in [-0.2, 0) is 0 Å². The minimum absolute atomic E-state index is 0.0897. The number of nitrogens with one attached hydrogen (secondary N) is 1. The average Bonchev–Trinajstić information content (AvgIpc) is 2.15. The van der Waals surface area contributed by atoms with Crippen molar-refractivity contribution < 1.29 is 0 Å². The Bertz CT molecular complexity index is 352. The quantitative estimate of drug-likeness (QED) is 0.752. The molecule has 0 heterocycles. The Morgan fingerprint density at radius 2 is 2.29 bits per heavy atom. The first-order chi connectivity index (χ1) is 6.69. The van der Waals surface area contributed by atoms with Gasteiger partial charge in [0.15, 0.2) is 0 Å². The fourth-order valence-electron chi connectivity index (χ4n) is 1.33. The molecule has 1 atom stereocenters. The lowest BCUT2D eigenvalue weighted by atomic mass is 10.1. The molecule has 1 aromatic carbocycles. The number of hydrogen-bond acceptors (Lipinski definition) is 1. The fraction of sp³-hybridized carbons (Fsp3) is 0.333. The highest BCUT2D eigenvalue weighted by molar-refractivity contribution is 6.31. The van der Waals surface area contributed by atoms with Crippen molar-refractivity contribution in [3.05, 3.63) is 34.3 Å². The second-order valence-electron chi connectivity index (χ2n) is 3.18. The third-order valence-electron chi connectivity index (χ3n) is 2.04. The van der Waals surface area contributed by atoms with Crippen molar-refractivity contribution in [2.45, 2.75) is 19.9 Å². The number of halogens is 1. The Morgan fingerprint density at radius 3 is 2.79 bits per heavy atom. The smallest absolute Gasteiger partial charge is 0.0957 e. The minimum atomic E-state index is -0.0897. The maximum atomic E-state index is 6.10. The van der Waals surface area contributed by atoms with E-state index < -0.39 is 0 Å². The van der Waals surface area contributed by atoms with Gasteiger partial charge in [-0.05, 0) is 30.7 Å². The van der Waals surface area contributed by atoms with Gasteiger partial charge in [-0.3, -0.25) is 0 Å². The lowest BCUT2D eigenvalue weighted by molar-refractivity contribution is 0.665. The summed E-state index contributed by atoms with van der Waals surface area (Å²) in [5, 5.41) is 3.92. The van der Waals surface area contributed by atoms with Gasteiger partial charge in [0.1, 0.15) is 0 Å². The van der Waals surface area contributed by atoms with Gasteiger partial charge in [-0.2, -0.15) is 0 Å². The lowest BCUT2D eigenvalue weighted by Gasteiger charge is -2.13. The van der Waals surface area contributed by atoms with E-state index in [9.17, 15) is 0 Å². The van der Waals surface area contributed by atoms with Crippen LogP contribution < -0.4 is 5.32 Å². The Labute approximate surface area is 90.5 Å². The average molecular weight is 208 g/mol. The van der Waals surface area contributed by atoms with Crippen LogP contribution in [0.3, 0.4) is 0 Å². The summed E-state index contributed by atoms with van der Waals surface area (Å²) in [6.07, 6.45) is 5.43. The number of terminal acetylenes is 1. The highest BCUT2D eigenvalue weighted by atomic mass is 35.5. The van der Waals surface area contributed by atoms with Crippen LogP contribution in [0.4, 0.5) is 0 Å². The Hall–Kier alpha value is -0.970. The molecule has 0 aliphatic heterocycles. The van der Waals surface area contributed by atoms with Gasteiger partial charge in [0.25, 0.3) is 0 Å². The minimum Gasteiger partial charge on any atom is -0.300 e. The van der Waals surface area contributed by atoms with Gasteiger partial charge in [-0.25, -0.2) is 0 Å². The molecular formula is C12H14ClN. The first-order valence-corrected chi connectivity index (χ1v) is 5.02. The maximum Gasteiger partial charge on any atom is 0.0957 e.